The summed E-state index contributed by atoms with van der Waals surface area (Å²) in [5.74, 6) is 0.775. The molecule has 0 spiro atoms. The largest absolute Gasteiger partial charge is 0.484 e. The van der Waals surface area contributed by atoms with Gasteiger partial charge in [0.05, 0.1) is 0 Å². The maximum atomic E-state index is 12.0. The Morgan fingerprint density at radius 3 is 2.75 bits per heavy atom. The van der Waals surface area contributed by atoms with Gasteiger partial charge in [0.25, 0.3) is 5.91 Å². The number of hydrogen-bond acceptors (Lipinski definition) is 3. The molecule has 0 aliphatic heterocycles. The molecule has 1 amide bonds. The van der Waals surface area contributed by atoms with Crippen LogP contribution in [0.2, 0.25) is 0 Å². The third kappa shape index (κ3) is 4.10. The average Bonchev–Trinajstić information content (AvgIpc) is 2.97. The van der Waals surface area contributed by atoms with Gasteiger partial charge in [-0.05, 0) is 36.4 Å². The summed E-state index contributed by atoms with van der Waals surface area (Å²) in [5.41, 5.74) is 1.04. The van der Waals surface area contributed by atoms with Crippen LogP contribution in [0, 0.1) is 6.92 Å². The minimum Gasteiger partial charge on any atom is -0.484 e. The second kappa shape index (κ2) is 7.10. The third-order valence-electron chi connectivity index (χ3n) is 3.14. The van der Waals surface area contributed by atoms with Gasteiger partial charge in [-0.3, -0.25) is 4.79 Å². The summed E-state index contributed by atoms with van der Waals surface area (Å²) in [6, 6.07) is 11.8. The van der Waals surface area contributed by atoms with Crippen LogP contribution in [0.3, 0.4) is 0 Å². The molecule has 3 nitrogen and oxygen atoms in total. The van der Waals surface area contributed by atoms with Gasteiger partial charge in [-0.25, -0.2) is 0 Å². The molecule has 0 unspecified atom stereocenters. The summed E-state index contributed by atoms with van der Waals surface area (Å²) in [4.78, 5) is 15.0. The molecule has 20 heavy (non-hydrogen) atoms. The van der Waals surface area contributed by atoms with Crippen LogP contribution in [0.5, 0.6) is 5.75 Å². The number of benzene rings is 1. The molecule has 0 aliphatic rings. The second-order valence-corrected chi connectivity index (χ2v) is 5.73. The van der Waals surface area contributed by atoms with Crippen LogP contribution in [0.1, 0.15) is 10.4 Å². The molecule has 0 radical (unpaired) electrons. The van der Waals surface area contributed by atoms with Gasteiger partial charge in [-0.2, -0.15) is 0 Å². The molecule has 0 N–H and O–H groups in total. The molecule has 0 saturated heterocycles. The molecular formula is C16H19NO2S. The van der Waals surface area contributed by atoms with Crippen LogP contribution in [0.15, 0.2) is 41.8 Å². The Morgan fingerprint density at radius 1 is 1.25 bits per heavy atom. The van der Waals surface area contributed by atoms with Gasteiger partial charge in [0, 0.05) is 18.5 Å². The molecule has 1 aromatic carbocycles. The lowest BCUT2D eigenvalue weighted by atomic mass is 10.2. The van der Waals surface area contributed by atoms with E-state index in [4.69, 9.17) is 4.74 Å². The van der Waals surface area contributed by atoms with E-state index in [1.54, 1.807) is 16.2 Å². The Balaban J connectivity index is 1.78. The lowest BCUT2D eigenvalue weighted by molar-refractivity contribution is -0.132. The van der Waals surface area contributed by atoms with Crippen molar-refractivity contribution < 1.29 is 9.53 Å². The minimum absolute atomic E-state index is 0.00445. The predicted molar refractivity (Wildman–Crippen MR) is 82.3 cm³/mol. The first-order valence-corrected chi connectivity index (χ1v) is 7.49. The Kier molecular flexibility index (Phi) is 5.18. The molecule has 0 atom stereocenters. The number of carbonyl (C=O) groups is 1. The van der Waals surface area contributed by atoms with E-state index in [2.05, 4.69) is 11.4 Å². The highest BCUT2D eigenvalue weighted by Gasteiger charge is 2.10. The van der Waals surface area contributed by atoms with Crippen molar-refractivity contribution in [3.63, 3.8) is 0 Å². The number of nitrogens with zero attached hydrogens (tertiary/aromatic N) is 1. The van der Waals surface area contributed by atoms with Gasteiger partial charge >= 0.3 is 0 Å². The highest BCUT2D eigenvalue weighted by molar-refractivity contribution is 7.09. The fraction of sp³-hybridized carbons (Fsp3) is 0.312. The first-order chi connectivity index (χ1) is 9.66. The number of likely N-dealkylation sites (N-methyl/N-ethyl adjacent to an activating group) is 1. The predicted octanol–water partition coefficient (Wildman–Crippen LogP) is 3.14. The molecule has 1 aromatic heterocycles. The van der Waals surface area contributed by atoms with E-state index in [1.165, 1.54) is 4.88 Å². The van der Waals surface area contributed by atoms with Gasteiger partial charge < -0.3 is 9.64 Å². The number of para-hydroxylation sites is 1. The monoisotopic (exact) mass is 289 g/mol. The first-order valence-electron chi connectivity index (χ1n) is 6.61. The summed E-state index contributed by atoms with van der Waals surface area (Å²) in [5, 5.41) is 2.05. The summed E-state index contributed by atoms with van der Waals surface area (Å²) in [6.07, 6.45) is 0.893. The van der Waals surface area contributed by atoms with Crippen molar-refractivity contribution in [2.45, 2.75) is 13.3 Å². The lowest BCUT2D eigenvalue weighted by Gasteiger charge is -2.17. The quantitative estimate of drug-likeness (QED) is 0.817. The zero-order valence-corrected chi connectivity index (χ0v) is 12.7. The van der Waals surface area contributed by atoms with Crippen LogP contribution in [-0.2, 0) is 11.2 Å². The topological polar surface area (TPSA) is 29.5 Å². The zero-order chi connectivity index (χ0) is 14.4. The highest BCUT2D eigenvalue weighted by Crippen LogP contribution is 2.16. The molecule has 0 fully saturated rings. The van der Waals surface area contributed by atoms with E-state index in [0.29, 0.717) is 0 Å². The van der Waals surface area contributed by atoms with Crippen LogP contribution >= 0.6 is 11.3 Å². The van der Waals surface area contributed by atoms with Crippen molar-refractivity contribution in [1.29, 1.82) is 0 Å². The van der Waals surface area contributed by atoms with E-state index < -0.39 is 0 Å². The number of thiophene rings is 1. The second-order valence-electron chi connectivity index (χ2n) is 4.70. The standard InChI is InChI=1S/C16H19NO2S/c1-13-6-3-4-8-15(13)19-12-16(18)17(2)10-9-14-7-5-11-20-14/h3-8,11H,9-10,12H2,1-2H3. The van der Waals surface area contributed by atoms with E-state index >= 15 is 0 Å². The number of ether oxygens (including phenoxy) is 1. The summed E-state index contributed by atoms with van der Waals surface area (Å²) >= 11 is 1.72. The summed E-state index contributed by atoms with van der Waals surface area (Å²) < 4.78 is 5.57. The van der Waals surface area contributed by atoms with Gasteiger partial charge in [0.2, 0.25) is 0 Å². The average molecular weight is 289 g/mol. The molecule has 4 heteroatoms. The van der Waals surface area contributed by atoms with Crippen molar-refractivity contribution in [2.24, 2.45) is 0 Å². The van der Waals surface area contributed by atoms with E-state index in [-0.39, 0.29) is 12.5 Å². The minimum atomic E-state index is 0.00445. The van der Waals surface area contributed by atoms with E-state index in [1.807, 2.05) is 44.3 Å². The summed E-state index contributed by atoms with van der Waals surface area (Å²) in [7, 11) is 1.82. The van der Waals surface area contributed by atoms with Crippen LogP contribution in [0.4, 0.5) is 0 Å². The Bertz CT molecular complexity index is 551. The van der Waals surface area contributed by atoms with Crippen molar-refractivity contribution in [1.82, 2.24) is 4.90 Å². The molecule has 0 saturated carbocycles. The van der Waals surface area contributed by atoms with Gasteiger partial charge in [-0.1, -0.05) is 24.3 Å². The molecule has 2 aromatic rings. The van der Waals surface area contributed by atoms with Gasteiger partial charge in [0.15, 0.2) is 6.61 Å². The van der Waals surface area contributed by atoms with Crippen LogP contribution in [0.25, 0.3) is 0 Å². The maximum absolute atomic E-state index is 12.0. The normalized spacial score (nSPS) is 10.3. The first kappa shape index (κ1) is 14.6. The molecule has 106 valence electrons. The summed E-state index contributed by atoms with van der Waals surface area (Å²) in [6.45, 7) is 2.78. The van der Waals surface area contributed by atoms with Crippen molar-refractivity contribution in [3.05, 3.63) is 52.2 Å². The lowest BCUT2D eigenvalue weighted by Crippen LogP contribution is -2.33. The SMILES string of the molecule is Cc1ccccc1OCC(=O)N(C)CCc1cccs1. The van der Waals surface area contributed by atoms with E-state index in [0.717, 1.165) is 24.3 Å². The van der Waals surface area contributed by atoms with Gasteiger partial charge in [0.1, 0.15) is 5.75 Å². The van der Waals surface area contributed by atoms with Crippen molar-refractivity contribution in [2.75, 3.05) is 20.2 Å². The Hall–Kier alpha value is -1.81. The number of hydrogen-bond donors (Lipinski definition) is 0. The molecule has 0 aliphatic carbocycles. The fourth-order valence-electron chi connectivity index (χ4n) is 1.83. The zero-order valence-electron chi connectivity index (χ0n) is 11.8. The Labute approximate surface area is 123 Å². The van der Waals surface area contributed by atoms with Gasteiger partial charge in [-0.15, -0.1) is 11.3 Å². The highest BCUT2D eigenvalue weighted by atomic mass is 32.1. The number of aryl methyl sites for hydroxylation is 1. The third-order valence-corrected chi connectivity index (χ3v) is 4.08. The van der Waals surface area contributed by atoms with Crippen LogP contribution < -0.4 is 4.74 Å². The van der Waals surface area contributed by atoms with Crippen molar-refractivity contribution in [3.8, 4) is 5.75 Å². The smallest absolute Gasteiger partial charge is 0.260 e. The van der Waals surface area contributed by atoms with Crippen molar-refractivity contribution >= 4 is 17.2 Å². The Morgan fingerprint density at radius 2 is 2.05 bits per heavy atom. The van der Waals surface area contributed by atoms with E-state index in [9.17, 15) is 4.79 Å². The number of rotatable bonds is 6. The molecule has 2 rings (SSSR count). The number of carbonyl (C=O) groups excluding carboxylic acids is 1. The molecule has 1 heterocycles. The maximum Gasteiger partial charge on any atom is 0.260 e. The fourth-order valence-corrected chi connectivity index (χ4v) is 2.52. The van der Waals surface area contributed by atoms with Crippen LogP contribution in [-0.4, -0.2) is 31.0 Å². The molecule has 0 bridgehead atoms. The number of amides is 1. The molecular weight excluding hydrogens is 270 g/mol.